The number of pyridine rings is 1. The molecule has 0 radical (unpaired) electrons. The van der Waals surface area contributed by atoms with E-state index < -0.39 is 0 Å². The van der Waals surface area contributed by atoms with E-state index in [1.54, 1.807) is 18.3 Å². The molecule has 0 aliphatic rings. The molecule has 118 valence electrons. The Morgan fingerprint density at radius 1 is 1.22 bits per heavy atom. The lowest BCUT2D eigenvalue weighted by atomic mass is 9.88. The van der Waals surface area contributed by atoms with E-state index in [9.17, 15) is 4.79 Å². The van der Waals surface area contributed by atoms with E-state index in [0.717, 1.165) is 15.8 Å². The third-order valence-electron chi connectivity index (χ3n) is 3.51. The lowest BCUT2D eigenvalue weighted by molar-refractivity contribution is 0.0472. The quantitative estimate of drug-likeness (QED) is 0.686. The summed E-state index contributed by atoms with van der Waals surface area (Å²) < 4.78 is 10.2. The lowest BCUT2D eigenvalue weighted by Crippen LogP contribution is -2.12. The number of nitrogens with zero attached hydrogens (tertiary/aromatic N) is 3. The predicted octanol–water partition coefficient (Wildman–Crippen LogP) is 3.74. The summed E-state index contributed by atoms with van der Waals surface area (Å²) in [6, 6.07) is 7.28. The van der Waals surface area contributed by atoms with Crippen molar-refractivity contribution in [3.8, 4) is 0 Å². The van der Waals surface area contributed by atoms with E-state index in [1.807, 2.05) is 18.3 Å². The van der Waals surface area contributed by atoms with Crippen LogP contribution in [0.4, 0.5) is 0 Å². The first kappa shape index (κ1) is 15.6. The van der Waals surface area contributed by atoms with Crippen LogP contribution in [0.1, 0.15) is 42.3 Å². The molecule has 6 heteroatoms. The third-order valence-corrected chi connectivity index (χ3v) is 4.22. The van der Waals surface area contributed by atoms with Gasteiger partial charge < -0.3 is 4.74 Å². The lowest BCUT2D eigenvalue weighted by Gasteiger charge is -2.19. The molecule has 23 heavy (non-hydrogen) atoms. The van der Waals surface area contributed by atoms with Gasteiger partial charge in [0.2, 0.25) is 0 Å². The van der Waals surface area contributed by atoms with E-state index >= 15 is 0 Å². The Morgan fingerprint density at radius 2 is 2.04 bits per heavy atom. The van der Waals surface area contributed by atoms with Crippen molar-refractivity contribution in [2.75, 3.05) is 0 Å². The van der Waals surface area contributed by atoms with Gasteiger partial charge in [0, 0.05) is 18.0 Å². The maximum atomic E-state index is 12.2. The minimum atomic E-state index is -0.374. The first-order valence-electron chi connectivity index (χ1n) is 7.27. The number of aromatic nitrogens is 3. The molecule has 0 aliphatic heterocycles. The fraction of sp³-hybridized carbons (Fsp3) is 0.294. The summed E-state index contributed by atoms with van der Waals surface area (Å²) in [4.78, 5) is 16.4. The Morgan fingerprint density at radius 3 is 2.83 bits per heavy atom. The van der Waals surface area contributed by atoms with Crippen molar-refractivity contribution < 1.29 is 9.53 Å². The van der Waals surface area contributed by atoms with Gasteiger partial charge in [-0.2, -0.15) is 0 Å². The van der Waals surface area contributed by atoms with Crippen molar-refractivity contribution in [1.82, 2.24) is 14.6 Å². The zero-order chi connectivity index (χ0) is 16.4. The Kier molecular flexibility index (Phi) is 4.09. The molecule has 0 bridgehead atoms. The van der Waals surface area contributed by atoms with Gasteiger partial charge in [-0.25, -0.2) is 4.79 Å². The summed E-state index contributed by atoms with van der Waals surface area (Å²) in [6.45, 7) is 6.56. The fourth-order valence-corrected chi connectivity index (χ4v) is 2.66. The van der Waals surface area contributed by atoms with Crippen LogP contribution in [0.15, 0.2) is 36.7 Å². The molecule has 3 aromatic rings. The zero-order valence-electron chi connectivity index (χ0n) is 13.2. The number of ether oxygens (including phenoxy) is 1. The van der Waals surface area contributed by atoms with Crippen LogP contribution in [0.3, 0.4) is 0 Å². The Hall–Kier alpha value is -2.34. The van der Waals surface area contributed by atoms with Crippen LogP contribution < -0.4 is 0 Å². The SMILES string of the molecule is CC(C)(C)c1cncc(COC(=O)c2ccc3snnc3c2)c1. The van der Waals surface area contributed by atoms with Crippen LogP contribution in [0.5, 0.6) is 0 Å². The van der Waals surface area contributed by atoms with Crippen molar-refractivity contribution >= 4 is 27.7 Å². The van der Waals surface area contributed by atoms with Crippen molar-refractivity contribution in [2.24, 2.45) is 0 Å². The normalized spacial score (nSPS) is 11.6. The van der Waals surface area contributed by atoms with Crippen LogP contribution >= 0.6 is 11.5 Å². The Labute approximate surface area is 138 Å². The highest BCUT2D eigenvalue weighted by Crippen LogP contribution is 2.22. The van der Waals surface area contributed by atoms with Crippen molar-refractivity contribution in [2.45, 2.75) is 32.8 Å². The number of carbonyl (C=O) groups is 1. The van der Waals surface area contributed by atoms with Crippen LogP contribution in [-0.2, 0) is 16.8 Å². The predicted molar refractivity (Wildman–Crippen MR) is 89.5 cm³/mol. The van der Waals surface area contributed by atoms with Gasteiger partial charge in [-0.05, 0) is 46.8 Å². The van der Waals surface area contributed by atoms with Crippen molar-refractivity contribution in [3.63, 3.8) is 0 Å². The second-order valence-corrected chi connectivity index (χ2v) is 7.15. The van der Waals surface area contributed by atoms with E-state index in [-0.39, 0.29) is 18.0 Å². The average molecular weight is 327 g/mol. The minimum absolute atomic E-state index is 0.00960. The molecular weight excluding hydrogens is 310 g/mol. The zero-order valence-corrected chi connectivity index (χ0v) is 14.1. The van der Waals surface area contributed by atoms with Gasteiger partial charge in [-0.1, -0.05) is 25.3 Å². The Bertz CT molecular complexity index is 852. The van der Waals surface area contributed by atoms with Gasteiger partial charge in [-0.15, -0.1) is 5.10 Å². The molecule has 0 saturated heterocycles. The summed E-state index contributed by atoms with van der Waals surface area (Å²) in [5, 5.41) is 3.97. The molecule has 3 rings (SSSR count). The molecule has 0 spiro atoms. The van der Waals surface area contributed by atoms with Crippen LogP contribution in [0.25, 0.3) is 10.2 Å². The fourth-order valence-electron chi connectivity index (χ4n) is 2.12. The second-order valence-electron chi connectivity index (χ2n) is 6.36. The molecule has 2 aromatic heterocycles. The topological polar surface area (TPSA) is 65.0 Å². The van der Waals surface area contributed by atoms with E-state index in [0.29, 0.717) is 11.1 Å². The first-order valence-corrected chi connectivity index (χ1v) is 8.04. The molecule has 5 nitrogen and oxygen atoms in total. The molecular formula is C17H17N3O2S. The molecule has 0 aliphatic carbocycles. The molecule has 2 heterocycles. The van der Waals surface area contributed by atoms with Gasteiger partial charge >= 0.3 is 5.97 Å². The molecule has 0 N–H and O–H groups in total. The smallest absolute Gasteiger partial charge is 0.338 e. The molecule has 0 saturated carbocycles. The largest absolute Gasteiger partial charge is 0.457 e. The van der Waals surface area contributed by atoms with Crippen LogP contribution in [0, 0.1) is 0 Å². The first-order chi connectivity index (χ1) is 10.9. The Balaban J connectivity index is 1.71. The molecule has 0 atom stereocenters. The number of esters is 1. The van der Waals surface area contributed by atoms with Crippen molar-refractivity contribution in [3.05, 3.63) is 53.3 Å². The van der Waals surface area contributed by atoms with Gasteiger partial charge in [0.25, 0.3) is 0 Å². The highest BCUT2D eigenvalue weighted by molar-refractivity contribution is 7.12. The molecule has 1 aromatic carbocycles. The third kappa shape index (κ3) is 3.53. The number of hydrogen-bond donors (Lipinski definition) is 0. The van der Waals surface area contributed by atoms with E-state index in [4.69, 9.17) is 4.74 Å². The van der Waals surface area contributed by atoms with Gasteiger partial charge in [0.1, 0.15) is 12.1 Å². The second kappa shape index (κ2) is 6.04. The number of fused-ring (bicyclic) bond motifs is 1. The maximum Gasteiger partial charge on any atom is 0.338 e. The number of rotatable bonds is 3. The van der Waals surface area contributed by atoms with Gasteiger partial charge in [-0.3, -0.25) is 4.98 Å². The summed E-state index contributed by atoms with van der Waals surface area (Å²) in [5.41, 5.74) is 3.18. The molecule has 0 unspecified atom stereocenters. The van der Waals surface area contributed by atoms with Crippen LogP contribution in [0.2, 0.25) is 0 Å². The minimum Gasteiger partial charge on any atom is -0.457 e. The number of benzene rings is 1. The summed E-state index contributed by atoms with van der Waals surface area (Å²) in [5.74, 6) is -0.374. The average Bonchev–Trinajstić information content (AvgIpc) is 2.99. The summed E-state index contributed by atoms with van der Waals surface area (Å²) >= 11 is 1.30. The van der Waals surface area contributed by atoms with Crippen LogP contribution in [-0.4, -0.2) is 20.5 Å². The molecule has 0 amide bonds. The number of hydrogen-bond acceptors (Lipinski definition) is 6. The van der Waals surface area contributed by atoms with E-state index in [1.165, 1.54) is 11.5 Å². The monoisotopic (exact) mass is 327 g/mol. The highest BCUT2D eigenvalue weighted by Gasteiger charge is 2.15. The molecule has 0 fully saturated rings. The van der Waals surface area contributed by atoms with Gasteiger partial charge in [0.15, 0.2) is 0 Å². The standard InChI is InChI=1S/C17H17N3O2S/c1-17(2,3)13-6-11(8-18-9-13)10-22-16(21)12-4-5-15-14(7-12)19-20-23-15/h4-9H,10H2,1-3H3. The van der Waals surface area contributed by atoms with Crippen molar-refractivity contribution in [1.29, 1.82) is 0 Å². The van der Waals surface area contributed by atoms with Gasteiger partial charge in [0.05, 0.1) is 10.3 Å². The number of carbonyl (C=O) groups excluding carboxylic acids is 1. The summed E-state index contributed by atoms with van der Waals surface area (Å²) in [6.07, 6.45) is 3.56. The summed E-state index contributed by atoms with van der Waals surface area (Å²) in [7, 11) is 0. The van der Waals surface area contributed by atoms with E-state index in [2.05, 4.69) is 35.3 Å². The highest BCUT2D eigenvalue weighted by atomic mass is 32.1. The maximum absolute atomic E-state index is 12.2.